The number of sulfonamides is 1. The summed E-state index contributed by atoms with van der Waals surface area (Å²) >= 11 is 0. The minimum absolute atomic E-state index is 0.0772. The maximum Gasteiger partial charge on any atom is 0.244 e. The van der Waals surface area contributed by atoms with Crippen LogP contribution >= 0.6 is 0 Å². The van der Waals surface area contributed by atoms with Gasteiger partial charge in [-0.1, -0.05) is 45.0 Å². The molecule has 2 aromatic rings. The van der Waals surface area contributed by atoms with Crippen LogP contribution in [0.3, 0.4) is 0 Å². The van der Waals surface area contributed by atoms with Crippen LogP contribution in [0.15, 0.2) is 53.7 Å². The van der Waals surface area contributed by atoms with Crippen molar-refractivity contribution in [1.29, 1.82) is 0 Å². The normalized spacial score (nSPS) is 16.4. The zero-order chi connectivity index (χ0) is 21.9. The van der Waals surface area contributed by atoms with Gasteiger partial charge in [0, 0.05) is 45.0 Å². The SMILES string of the molecule is CN(Cc1ccc(C(C)(C)C)cc1)C(=O)C1CCN(S(=O)(=O)c2cccnc2)CC1. The zero-order valence-corrected chi connectivity index (χ0v) is 19.0. The van der Waals surface area contributed by atoms with Crippen molar-refractivity contribution >= 4 is 15.9 Å². The van der Waals surface area contributed by atoms with Crippen LogP contribution < -0.4 is 0 Å². The van der Waals surface area contributed by atoms with Crippen molar-refractivity contribution < 1.29 is 13.2 Å². The zero-order valence-electron chi connectivity index (χ0n) is 18.2. The highest BCUT2D eigenvalue weighted by Gasteiger charge is 2.33. The molecule has 1 aliphatic heterocycles. The van der Waals surface area contributed by atoms with Crippen molar-refractivity contribution in [2.24, 2.45) is 5.92 Å². The third-order valence-electron chi connectivity index (χ3n) is 5.69. The second-order valence-corrected chi connectivity index (χ2v) is 10.9. The van der Waals surface area contributed by atoms with Gasteiger partial charge in [-0.05, 0) is 41.5 Å². The molecule has 0 atom stereocenters. The molecule has 1 aliphatic rings. The van der Waals surface area contributed by atoms with Gasteiger partial charge in [-0.25, -0.2) is 8.42 Å². The topological polar surface area (TPSA) is 70.6 Å². The van der Waals surface area contributed by atoms with Crippen LogP contribution in [0.5, 0.6) is 0 Å². The molecule has 0 aliphatic carbocycles. The predicted octanol–water partition coefficient (Wildman–Crippen LogP) is 3.44. The Morgan fingerprint density at radius 1 is 1.13 bits per heavy atom. The fourth-order valence-corrected chi connectivity index (χ4v) is 5.20. The number of rotatable bonds is 5. The summed E-state index contributed by atoms with van der Waals surface area (Å²) in [5.41, 5.74) is 2.46. The molecule has 0 N–H and O–H groups in total. The number of carbonyl (C=O) groups excluding carboxylic acids is 1. The highest BCUT2D eigenvalue weighted by Crippen LogP contribution is 2.26. The van der Waals surface area contributed by atoms with Gasteiger partial charge in [-0.15, -0.1) is 0 Å². The molecule has 3 rings (SSSR count). The minimum atomic E-state index is -3.55. The maximum absolute atomic E-state index is 12.9. The van der Waals surface area contributed by atoms with E-state index in [0.717, 1.165) is 5.56 Å². The van der Waals surface area contributed by atoms with E-state index < -0.39 is 10.0 Å². The number of pyridine rings is 1. The molecule has 2 heterocycles. The number of hydrogen-bond acceptors (Lipinski definition) is 4. The van der Waals surface area contributed by atoms with E-state index in [1.54, 1.807) is 23.2 Å². The first-order valence-electron chi connectivity index (χ1n) is 10.3. The molecular weight excluding hydrogens is 398 g/mol. The lowest BCUT2D eigenvalue weighted by molar-refractivity contribution is -0.135. The smallest absolute Gasteiger partial charge is 0.244 e. The molecule has 162 valence electrons. The highest BCUT2D eigenvalue weighted by atomic mass is 32.2. The largest absolute Gasteiger partial charge is 0.341 e. The Morgan fingerprint density at radius 2 is 1.77 bits per heavy atom. The van der Waals surface area contributed by atoms with Gasteiger partial charge >= 0.3 is 0 Å². The van der Waals surface area contributed by atoms with Gasteiger partial charge in [0.2, 0.25) is 15.9 Å². The van der Waals surface area contributed by atoms with Crippen molar-refractivity contribution in [2.45, 2.75) is 50.5 Å². The van der Waals surface area contributed by atoms with Crippen molar-refractivity contribution in [3.63, 3.8) is 0 Å². The van der Waals surface area contributed by atoms with Crippen LogP contribution in [0, 0.1) is 5.92 Å². The molecule has 7 heteroatoms. The molecule has 1 amide bonds. The molecule has 1 fully saturated rings. The Kier molecular flexibility index (Phi) is 6.62. The fourth-order valence-electron chi connectivity index (χ4n) is 3.77. The third-order valence-corrected chi connectivity index (χ3v) is 7.57. The highest BCUT2D eigenvalue weighted by molar-refractivity contribution is 7.89. The second-order valence-electron chi connectivity index (χ2n) is 9.01. The summed E-state index contributed by atoms with van der Waals surface area (Å²) in [4.78, 5) is 18.8. The van der Waals surface area contributed by atoms with Crippen LogP contribution in [-0.2, 0) is 26.8 Å². The summed E-state index contributed by atoms with van der Waals surface area (Å²) in [5, 5.41) is 0. The molecule has 1 aromatic carbocycles. The van der Waals surface area contributed by atoms with E-state index in [1.165, 1.54) is 16.1 Å². The summed E-state index contributed by atoms with van der Waals surface area (Å²) in [6.45, 7) is 7.79. The van der Waals surface area contributed by atoms with Crippen LogP contribution in [0.1, 0.15) is 44.7 Å². The van der Waals surface area contributed by atoms with E-state index in [0.29, 0.717) is 32.5 Å². The number of aromatic nitrogens is 1. The van der Waals surface area contributed by atoms with Gasteiger partial charge in [0.15, 0.2) is 0 Å². The molecule has 0 spiro atoms. The number of piperidine rings is 1. The quantitative estimate of drug-likeness (QED) is 0.730. The Morgan fingerprint density at radius 3 is 2.30 bits per heavy atom. The summed E-state index contributed by atoms with van der Waals surface area (Å²) in [6, 6.07) is 11.6. The van der Waals surface area contributed by atoms with Crippen LogP contribution in [-0.4, -0.2) is 48.7 Å². The van der Waals surface area contributed by atoms with Gasteiger partial charge in [0.25, 0.3) is 0 Å². The standard InChI is InChI=1S/C23H31N3O3S/c1-23(2,3)20-9-7-18(8-10-20)17-25(4)22(27)19-11-14-26(15-12-19)30(28,29)21-6-5-13-24-16-21/h5-10,13,16,19H,11-12,14-15,17H2,1-4H3. The molecule has 1 saturated heterocycles. The summed E-state index contributed by atoms with van der Waals surface area (Å²) in [6.07, 6.45) is 3.99. The minimum Gasteiger partial charge on any atom is -0.341 e. The van der Waals surface area contributed by atoms with E-state index in [1.807, 2.05) is 7.05 Å². The first-order chi connectivity index (χ1) is 14.1. The average molecular weight is 430 g/mol. The molecule has 0 saturated carbocycles. The van der Waals surface area contributed by atoms with Gasteiger partial charge < -0.3 is 4.90 Å². The van der Waals surface area contributed by atoms with Gasteiger partial charge in [-0.2, -0.15) is 4.31 Å². The molecule has 1 aromatic heterocycles. The molecule has 0 bridgehead atoms. The van der Waals surface area contributed by atoms with E-state index in [-0.39, 0.29) is 22.1 Å². The molecule has 30 heavy (non-hydrogen) atoms. The lowest BCUT2D eigenvalue weighted by Crippen LogP contribution is -2.43. The van der Waals surface area contributed by atoms with Gasteiger partial charge in [0.1, 0.15) is 4.90 Å². The summed E-state index contributed by atoms with van der Waals surface area (Å²) in [7, 11) is -1.73. The Hall–Kier alpha value is -2.25. The number of nitrogens with zero attached hydrogens (tertiary/aromatic N) is 3. The summed E-state index contributed by atoms with van der Waals surface area (Å²) in [5.74, 6) is -0.0717. The predicted molar refractivity (Wildman–Crippen MR) is 117 cm³/mol. The van der Waals surface area contributed by atoms with Gasteiger partial charge in [-0.3, -0.25) is 9.78 Å². The maximum atomic E-state index is 12.9. The Bertz CT molecular complexity index is 959. The summed E-state index contributed by atoms with van der Waals surface area (Å²) < 4.78 is 26.9. The third kappa shape index (κ3) is 5.08. The van der Waals surface area contributed by atoms with E-state index in [4.69, 9.17) is 0 Å². The lowest BCUT2D eigenvalue weighted by Gasteiger charge is -2.32. The molecule has 0 radical (unpaired) electrons. The van der Waals surface area contributed by atoms with Crippen molar-refractivity contribution in [3.8, 4) is 0 Å². The van der Waals surface area contributed by atoms with Crippen molar-refractivity contribution in [2.75, 3.05) is 20.1 Å². The fraction of sp³-hybridized carbons (Fsp3) is 0.478. The molecule has 0 unspecified atom stereocenters. The first-order valence-corrected chi connectivity index (χ1v) is 11.8. The Labute approximate surface area is 180 Å². The number of amides is 1. The lowest BCUT2D eigenvalue weighted by atomic mass is 9.86. The van der Waals surface area contributed by atoms with E-state index >= 15 is 0 Å². The van der Waals surface area contributed by atoms with Crippen molar-refractivity contribution in [1.82, 2.24) is 14.2 Å². The molecular formula is C23H31N3O3S. The number of hydrogen-bond donors (Lipinski definition) is 0. The monoisotopic (exact) mass is 429 g/mol. The first kappa shape index (κ1) is 22.4. The average Bonchev–Trinajstić information content (AvgIpc) is 2.73. The number of benzene rings is 1. The van der Waals surface area contributed by atoms with Crippen LogP contribution in [0.25, 0.3) is 0 Å². The molecule has 6 nitrogen and oxygen atoms in total. The van der Waals surface area contributed by atoms with Crippen molar-refractivity contribution in [3.05, 3.63) is 59.9 Å². The van der Waals surface area contributed by atoms with Crippen LogP contribution in [0.2, 0.25) is 0 Å². The number of carbonyl (C=O) groups is 1. The van der Waals surface area contributed by atoms with E-state index in [2.05, 4.69) is 50.0 Å². The Balaban J connectivity index is 1.57. The second kappa shape index (κ2) is 8.86. The van der Waals surface area contributed by atoms with Gasteiger partial charge in [0.05, 0.1) is 0 Å². The van der Waals surface area contributed by atoms with E-state index in [9.17, 15) is 13.2 Å². The van der Waals surface area contributed by atoms with Crippen LogP contribution in [0.4, 0.5) is 0 Å².